The van der Waals surface area contributed by atoms with Gasteiger partial charge in [0.25, 0.3) is 0 Å². The predicted molar refractivity (Wildman–Crippen MR) is 44.7 cm³/mol. The zero-order valence-corrected chi connectivity index (χ0v) is 7.21. The minimum Gasteiger partial charge on any atom is -0.299 e. The van der Waals surface area contributed by atoms with Crippen LogP contribution in [0.1, 0.15) is 38.5 Å². The Hall–Kier alpha value is -0.660. The fraction of sp³-hybridized carbons (Fsp3) is 0.800. The first-order valence-electron chi connectivity index (χ1n) is 4.85. The van der Waals surface area contributed by atoms with Crippen molar-refractivity contribution in [3.05, 3.63) is 0 Å². The number of Topliss-reactive ketones (excluding diaryl/α,β-unsaturated/α-hetero) is 2. The van der Waals surface area contributed by atoms with E-state index < -0.39 is 0 Å². The summed E-state index contributed by atoms with van der Waals surface area (Å²) in [5, 5.41) is 0. The first kappa shape index (κ1) is 7.96. The second kappa shape index (κ2) is 3.00. The third-order valence-corrected chi connectivity index (χ3v) is 2.88. The molecule has 0 heterocycles. The molecule has 12 heavy (non-hydrogen) atoms. The Bertz CT molecular complexity index is 216. The third-order valence-electron chi connectivity index (χ3n) is 2.88. The summed E-state index contributed by atoms with van der Waals surface area (Å²) >= 11 is 0. The van der Waals surface area contributed by atoms with E-state index in [0.29, 0.717) is 6.42 Å². The number of ketones is 2. The van der Waals surface area contributed by atoms with Crippen molar-refractivity contribution < 1.29 is 9.59 Å². The second-order valence-corrected chi connectivity index (χ2v) is 3.94. The molecular weight excluding hydrogens is 152 g/mol. The van der Waals surface area contributed by atoms with Crippen LogP contribution in [0.3, 0.4) is 0 Å². The molecule has 66 valence electrons. The average Bonchev–Trinajstić information content (AvgIpc) is 2.86. The number of carbonyl (C=O) groups excluding carboxylic acids is 2. The van der Waals surface area contributed by atoms with Crippen molar-refractivity contribution in [1.29, 1.82) is 0 Å². The predicted octanol–water partition coefficient (Wildman–Crippen LogP) is 1.72. The van der Waals surface area contributed by atoms with Gasteiger partial charge >= 0.3 is 0 Å². The minimum atomic E-state index is -0.203. The molecule has 2 nitrogen and oxygen atoms in total. The Morgan fingerprint density at radius 1 is 1.17 bits per heavy atom. The molecule has 2 rings (SSSR count). The molecule has 0 saturated heterocycles. The molecule has 0 radical (unpaired) electrons. The van der Waals surface area contributed by atoms with E-state index in [9.17, 15) is 9.59 Å². The van der Waals surface area contributed by atoms with E-state index in [1.54, 1.807) is 0 Å². The molecule has 2 aliphatic rings. The Labute approximate surface area is 72.3 Å². The summed E-state index contributed by atoms with van der Waals surface area (Å²) in [5.74, 6) is 0.515. The molecule has 0 amide bonds. The van der Waals surface area contributed by atoms with Crippen molar-refractivity contribution >= 4 is 11.6 Å². The maximum Gasteiger partial charge on any atom is 0.146 e. The second-order valence-electron chi connectivity index (χ2n) is 3.94. The van der Waals surface area contributed by atoms with E-state index in [0.717, 1.165) is 32.1 Å². The molecule has 0 aliphatic heterocycles. The number of rotatable bonds is 2. The average molecular weight is 166 g/mol. The lowest BCUT2D eigenvalue weighted by Crippen LogP contribution is -2.28. The molecule has 0 aromatic rings. The summed E-state index contributed by atoms with van der Waals surface area (Å²) in [7, 11) is 0. The monoisotopic (exact) mass is 166 g/mol. The Kier molecular flexibility index (Phi) is 1.99. The van der Waals surface area contributed by atoms with Crippen molar-refractivity contribution in [2.24, 2.45) is 11.8 Å². The quantitative estimate of drug-likeness (QED) is 0.585. The number of hydrogen-bond donors (Lipinski definition) is 0. The lowest BCUT2D eigenvalue weighted by atomic mass is 9.83. The fourth-order valence-corrected chi connectivity index (χ4v) is 1.94. The summed E-state index contributed by atoms with van der Waals surface area (Å²) in [6.07, 6.45) is 5.59. The van der Waals surface area contributed by atoms with Gasteiger partial charge in [0.05, 0.1) is 5.92 Å². The van der Waals surface area contributed by atoms with E-state index in [1.807, 2.05) is 0 Å². The van der Waals surface area contributed by atoms with Gasteiger partial charge in [0, 0.05) is 12.3 Å². The maximum atomic E-state index is 11.5. The van der Waals surface area contributed by atoms with E-state index >= 15 is 0 Å². The fourth-order valence-electron chi connectivity index (χ4n) is 1.94. The largest absolute Gasteiger partial charge is 0.299 e. The van der Waals surface area contributed by atoms with E-state index in [2.05, 4.69) is 0 Å². The molecule has 0 N–H and O–H groups in total. The first-order chi connectivity index (χ1) is 5.79. The van der Waals surface area contributed by atoms with Gasteiger partial charge in [-0.2, -0.15) is 0 Å². The molecule has 0 aromatic carbocycles. The van der Waals surface area contributed by atoms with Crippen LogP contribution in [-0.2, 0) is 9.59 Å². The normalized spacial score (nSPS) is 30.3. The van der Waals surface area contributed by atoms with Crippen LogP contribution in [0.15, 0.2) is 0 Å². The van der Waals surface area contributed by atoms with Crippen LogP contribution in [0.4, 0.5) is 0 Å². The zero-order valence-electron chi connectivity index (χ0n) is 7.21. The zero-order chi connectivity index (χ0) is 8.55. The van der Waals surface area contributed by atoms with E-state index in [4.69, 9.17) is 0 Å². The van der Waals surface area contributed by atoms with Crippen molar-refractivity contribution in [2.75, 3.05) is 0 Å². The van der Waals surface area contributed by atoms with Crippen LogP contribution in [0, 0.1) is 11.8 Å². The molecule has 0 aromatic heterocycles. The van der Waals surface area contributed by atoms with Gasteiger partial charge in [-0.25, -0.2) is 0 Å². The van der Waals surface area contributed by atoms with Gasteiger partial charge < -0.3 is 0 Å². The SMILES string of the molecule is O=C1CCCCC1C(=O)C1CC1. The Balaban J connectivity index is 1.99. The summed E-state index contributed by atoms with van der Waals surface area (Å²) in [6.45, 7) is 0. The highest BCUT2D eigenvalue weighted by Crippen LogP contribution is 2.35. The summed E-state index contributed by atoms with van der Waals surface area (Å²) in [6, 6.07) is 0. The van der Waals surface area contributed by atoms with Gasteiger partial charge in [0.1, 0.15) is 11.6 Å². The molecule has 2 fully saturated rings. The van der Waals surface area contributed by atoms with Crippen molar-refractivity contribution in [1.82, 2.24) is 0 Å². The standard InChI is InChI=1S/C10H14O2/c11-9-4-2-1-3-8(9)10(12)7-5-6-7/h7-8H,1-6H2. The van der Waals surface area contributed by atoms with Gasteiger partial charge in [-0.15, -0.1) is 0 Å². The Morgan fingerprint density at radius 2 is 1.92 bits per heavy atom. The van der Waals surface area contributed by atoms with Gasteiger partial charge in [0.15, 0.2) is 0 Å². The maximum absolute atomic E-state index is 11.5. The summed E-state index contributed by atoms with van der Waals surface area (Å²) in [4.78, 5) is 22.9. The molecule has 1 atom stereocenters. The van der Waals surface area contributed by atoms with Crippen LogP contribution in [0.2, 0.25) is 0 Å². The lowest BCUT2D eigenvalue weighted by Gasteiger charge is -2.18. The summed E-state index contributed by atoms with van der Waals surface area (Å²) in [5.41, 5.74) is 0. The molecule has 1 unspecified atom stereocenters. The first-order valence-corrected chi connectivity index (χ1v) is 4.85. The number of carbonyl (C=O) groups is 2. The number of hydrogen-bond acceptors (Lipinski definition) is 2. The van der Waals surface area contributed by atoms with Crippen LogP contribution in [-0.4, -0.2) is 11.6 Å². The van der Waals surface area contributed by atoms with Gasteiger partial charge in [-0.1, -0.05) is 6.42 Å². The smallest absolute Gasteiger partial charge is 0.146 e. The van der Waals surface area contributed by atoms with E-state index in [1.165, 1.54) is 0 Å². The minimum absolute atomic E-state index is 0.203. The molecule has 0 bridgehead atoms. The highest BCUT2D eigenvalue weighted by molar-refractivity contribution is 6.04. The Morgan fingerprint density at radius 3 is 2.50 bits per heavy atom. The van der Waals surface area contributed by atoms with Gasteiger partial charge in [-0.05, 0) is 25.7 Å². The molecule has 2 heteroatoms. The highest BCUT2D eigenvalue weighted by Gasteiger charge is 2.38. The lowest BCUT2D eigenvalue weighted by molar-refractivity contribution is -0.135. The van der Waals surface area contributed by atoms with Crippen molar-refractivity contribution in [2.45, 2.75) is 38.5 Å². The van der Waals surface area contributed by atoms with Crippen LogP contribution in [0.25, 0.3) is 0 Å². The molecule has 2 aliphatic carbocycles. The van der Waals surface area contributed by atoms with Crippen molar-refractivity contribution in [3.63, 3.8) is 0 Å². The van der Waals surface area contributed by atoms with Gasteiger partial charge in [0.2, 0.25) is 0 Å². The van der Waals surface area contributed by atoms with Gasteiger partial charge in [-0.3, -0.25) is 9.59 Å². The molecule has 2 saturated carbocycles. The van der Waals surface area contributed by atoms with Crippen LogP contribution >= 0.6 is 0 Å². The van der Waals surface area contributed by atoms with Crippen molar-refractivity contribution in [3.8, 4) is 0 Å². The summed E-state index contributed by atoms with van der Waals surface area (Å²) < 4.78 is 0. The topological polar surface area (TPSA) is 34.1 Å². The van der Waals surface area contributed by atoms with Crippen LogP contribution in [0.5, 0.6) is 0 Å². The molecule has 0 spiro atoms. The van der Waals surface area contributed by atoms with Crippen LogP contribution < -0.4 is 0 Å². The highest BCUT2D eigenvalue weighted by atomic mass is 16.2. The van der Waals surface area contributed by atoms with E-state index in [-0.39, 0.29) is 23.4 Å². The molecular formula is C10H14O2. The third kappa shape index (κ3) is 1.43.